The van der Waals surface area contributed by atoms with Gasteiger partial charge in [-0.2, -0.15) is 0 Å². The lowest BCUT2D eigenvalue weighted by Gasteiger charge is -2.10. The summed E-state index contributed by atoms with van der Waals surface area (Å²) in [7, 11) is 0. The number of carboxylic acid groups (broad SMARTS) is 1. The molecule has 18 heavy (non-hydrogen) atoms. The molecular formula is C12H13BrO4S. The molecule has 1 atom stereocenters. The maximum atomic E-state index is 11.5. The van der Waals surface area contributed by atoms with Gasteiger partial charge in [0.05, 0.1) is 12.2 Å². The number of hydrogen-bond donors (Lipinski definition) is 1. The first-order chi connectivity index (χ1) is 8.45. The highest BCUT2D eigenvalue weighted by atomic mass is 79.9. The van der Waals surface area contributed by atoms with E-state index in [2.05, 4.69) is 15.9 Å². The standard InChI is InChI=1S/C12H13BrO4S/c1-3-17-12(16)7(2)18-8-4-5-10(13)9(6-8)11(14)15/h4-7H,3H2,1-2H3,(H,14,15). The van der Waals surface area contributed by atoms with Gasteiger partial charge in [0, 0.05) is 9.37 Å². The third-order valence-corrected chi connectivity index (χ3v) is 3.86. The molecule has 6 heteroatoms. The van der Waals surface area contributed by atoms with Crippen molar-refractivity contribution in [1.29, 1.82) is 0 Å². The van der Waals surface area contributed by atoms with Crippen molar-refractivity contribution in [3.63, 3.8) is 0 Å². The zero-order valence-electron chi connectivity index (χ0n) is 9.97. The van der Waals surface area contributed by atoms with Crippen LogP contribution in [0.5, 0.6) is 0 Å². The maximum Gasteiger partial charge on any atom is 0.336 e. The number of esters is 1. The van der Waals surface area contributed by atoms with Crippen molar-refractivity contribution in [2.24, 2.45) is 0 Å². The molecule has 0 bridgehead atoms. The quantitative estimate of drug-likeness (QED) is 0.662. The Hall–Kier alpha value is -1.01. The summed E-state index contributed by atoms with van der Waals surface area (Å²) in [5, 5.41) is 8.62. The number of hydrogen-bond acceptors (Lipinski definition) is 4. The Bertz CT molecular complexity index is 461. The minimum absolute atomic E-state index is 0.177. The largest absolute Gasteiger partial charge is 0.478 e. The van der Waals surface area contributed by atoms with Gasteiger partial charge in [0.2, 0.25) is 0 Å². The van der Waals surface area contributed by atoms with Crippen LogP contribution in [0.25, 0.3) is 0 Å². The summed E-state index contributed by atoms with van der Waals surface area (Å²) in [6.07, 6.45) is 0. The normalized spacial score (nSPS) is 11.9. The number of carbonyl (C=O) groups is 2. The Morgan fingerprint density at radius 1 is 1.50 bits per heavy atom. The molecule has 0 amide bonds. The smallest absolute Gasteiger partial charge is 0.336 e. The summed E-state index contributed by atoms with van der Waals surface area (Å²) >= 11 is 4.44. The summed E-state index contributed by atoms with van der Waals surface area (Å²) < 4.78 is 5.41. The van der Waals surface area contributed by atoms with Gasteiger partial charge in [0.1, 0.15) is 5.25 Å². The van der Waals surface area contributed by atoms with Crippen LogP contribution in [0.4, 0.5) is 0 Å². The van der Waals surface area contributed by atoms with Gasteiger partial charge in [-0.05, 0) is 48.0 Å². The SMILES string of the molecule is CCOC(=O)C(C)Sc1ccc(Br)c(C(=O)O)c1. The Morgan fingerprint density at radius 2 is 2.17 bits per heavy atom. The number of halogens is 1. The van der Waals surface area contributed by atoms with Gasteiger partial charge in [-0.1, -0.05) is 0 Å². The Kier molecular flexibility index (Phi) is 5.68. The van der Waals surface area contributed by atoms with Crippen LogP contribution in [0.1, 0.15) is 24.2 Å². The first-order valence-electron chi connectivity index (χ1n) is 5.31. The number of carboxylic acids is 1. The average Bonchev–Trinajstić information content (AvgIpc) is 2.31. The van der Waals surface area contributed by atoms with Gasteiger partial charge in [-0.25, -0.2) is 4.79 Å². The minimum atomic E-state index is -1.01. The van der Waals surface area contributed by atoms with Crippen LogP contribution >= 0.6 is 27.7 Å². The lowest BCUT2D eigenvalue weighted by Crippen LogP contribution is -2.16. The first-order valence-corrected chi connectivity index (χ1v) is 6.99. The van der Waals surface area contributed by atoms with E-state index in [1.807, 2.05) is 0 Å². The van der Waals surface area contributed by atoms with Crippen molar-refractivity contribution in [1.82, 2.24) is 0 Å². The molecule has 0 aliphatic heterocycles. The molecule has 1 unspecified atom stereocenters. The van der Waals surface area contributed by atoms with Crippen molar-refractivity contribution < 1.29 is 19.4 Å². The number of carbonyl (C=O) groups excluding carboxylic acids is 1. The number of benzene rings is 1. The topological polar surface area (TPSA) is 63.6 Å². The summed E-state index contributed by atoms with van der Waals surface area (Å²) in [6.45, 7) is 3.81. The molecule has 0 saturated heterocycles. The van der Waals surface area contributed by atoms with Crippen LogP contribution < -0.4 is 0 Å². The number of thioether (sulfide) groups is 1. The van der Waals surface area contributed by atoms with Crippen LogP contribution in [-0.2, 0) is 9.53 Å². The van der Waals surface area contributed by atoms with E-state index in [0.29, 0.717) is 11.1 Å². The van der Waals surface area contributed by atoms with Gasteiger partial charge in [-0.15, -0.1) is 11.8 Å². The second kappa shape index (κ2) is 6.80. The molecule has 1 rings (SSSR count). The number of ether oxygens (including phenoxy) is 1. The van der Waals surface area contributed by atoms with Gasteiger partial charge < -0.3 is 9.84 Å². The zero-order chi connectivity index (χ0) is 13.7. The van der Waals surface area contributed by atoms with E-state index >= 15 is 0 Å². The average molecular weight is 333 g/mol. The van der Waals surface area contributed by atoms with Crippen LogP contribution in [0.2, 0.25) is 0 Å². The Labute approximate surface area is 118 Å². The van der Waals surface area contributed by atoms with E-state index in [1.54, 1.807) is 26.0 Å². The van der Waals surface area contributed by atoms with Crippen molar-refractivity contribution in [3.8, 4) is 0 Å². The monoisotopic (exact) mass is 332 g/mol. The van der Waals surface area contributed by atoms with Crippen molar-refractivity contribution in [2.45, 2.75) is 24.0 Å². The van der Waals surface area contributed by atoms with E-state index in [0.717, 1.165) is 4.90 Å². The van der Waals surface area contributed by atoms with E-state index in [4.69, 9.17) is 9.84 Å². The molecule has 0 aliphatic carbocycles. The molecule has 0 heterocycles. The van der Waals surface area contributed by atoms with Crippen LogP contribution in [0, 0.1) is 0 Å². The predicted octanol–water partition coefficient (Wildman–Crippen LogP) is 3.19. The summed E-state index contributed by atoms with van der Waals surface area (Å²) in [4.78, 5) is 23.1. The lowest BCUT2D eigenvalue weighted by molar-refractivity contribution is -0.142. The Morgan fingerprint density at radius 3 is 2.72 bits per heavy atom. The summed E-state index contributed by atoms with van der Waals surface area (Å²) in [6, 6.07) is 4.95. The van der Waals surface area contributed by atoms with Gasteiger partial charge in [0.25, 0.3) is 0 Å². The van der Waals surface area contributed by atoms with Crippen molar-refractivity contribution >= 4 is 39.6 Å². The summed E-state index contributed by atoms with van der Waals surface area (Å²) in [5.74, 6) is -1.31. The van der Waals surface area contributed by atoms with Crippen molar-refractivity contribution in [2.75, 3.05) is 6.61 Å². The first kappa shape index (κ1) is 15.0. The van der Waals surface area contributed by atoms with E-state index in [-0.39, 0.29) is 16.8 Å². The lowest BCUT2D eigenvalue weighted by atomic mass is 10.2. The maximum absolute atomic E-state index is 11.5. The number of rotatable bonds is 5. The van der Waals surface area contributed by atoms with Gasteiger partial charge >= 0.3 is 11.9 Å². The summed E-state index contributed by atoms with van der Waals surface area (Å²) in [5.41, 5.74) is 0.177. The highest BCUT2D eigenvalue weighted by Crippen LogP contribution is 2.28. The Balaban J connectivity index is 2.82. The molecule has 0 fully saturated rings. The molecule has 98 valence electrons. The van der Waals surface area contributed by atoms with E-state index in [9.17, 15) is 9.59 Å². The predicted molar refractivity (Wildman–Crippen MR) is 73.1 cm³/mol. The van der Waals surface area contributed by atoms with E-state index < -0.39 is 5.97 Å². The molecule has 0 saturated carbocycles. The van der Waals surface area contributed by atoms with E-state index in [1.165, 1.54) is 17.8 Å². The fourth-order valence-electron chi connectivity index (χ4n) is 1.25. The molecule has 4 nitrogen and oxygen atoms in total. The third kappa shape index (κ3) is 4.03. The highest BCUT2D eigenvalue weighted by Gasteiger charge is 2.17. The molecule has 0 aromatic heterocycles. The highest BCUT2D eigenvalue weighted by molar-refractivity contribution is 9.10. The molecule has 1 aromatic rings. The third-order valence-electron chi connectivity index (χ3n) is 2.10. The molecule has 1 aromatic carbocycles. The van der Waals surface area contributed by atoms with Crippen LogP contribution in [0.15, 0.2) is 27.6 Å². The van der Waals surface area contributed by atoms with Gasteiger partial charge in [0.15, 0.2) is 0 Å². The van der Waals surface area contributed by atoms with Crippen molar-refractivity contribution in [3.05, 3.63) is 28.2 Å². The van der Waals surface area contributed by atoms with Gasteiger partial charge in [-0.3, -0.25) is 4.79 Å². The molecule has 0 radical (unpaired) electrons. The number of aromatic carboxylic acids is 1. The molecular weight excluding hydrogens is 320 g/mol. The minimum Gasteiger partial charge on any atom is -0.478 e. The molecule has 1 N–H and O–H groups in total. The van der Waals surface area contributed by atoms with Crippen LogP contribution in [0.3, 0.4) is 0 Å². The zero-order valence-corrected chi connectivity index (χ0v) is 12.4. The fraction of sp³-hybridized carbons (Fsp3) is 0.333. The fourth-order valence-corrected chi connectivity index (χ4v) is 2.57. The molecule has 0 aliphatic rings. The second-order valence-electron chi connectivity index (χ2n) is 3.46. The van der Waals surface area contributed by atoms with Crippen LogP contribution in [-0.4, -0.2) is 28.9 Å². The second-order valence-corrected chi connectivity index (χ2v) is 5.73. The molecule has 0 spiro atoms.